The number of hydrogen-bond donors (Lipinski definition) is 2. The van der Waals surface area contributed by atoms with Gasteiger partial charge < -0.3 is 4.98 Å². The Bertz CT molecular complexity index is 574. The van der Waals surface area contributed by atoms with Crippen molar-refractivity contribution in [3.05, 3.63) is 28.7 Å². The summed E-state index contributed by atoms with van der Waals surface area (Å²) < 4.78 is 27.1. The predicted molar refractivity (Wildman–Crippen MR) is 73.4 cm³/mol. The Kier molecular flexibility index (Phi) is 4.10. The van der Waals surface area contributed by atoms with Crippen LogP contribution in [0.1, 0.15) is 33.1 Å². The molecule has 0 radical (unpaired) electrons. The molecule has 3 atom stereocenters. The molecule has 1 aromatic heterocycles. The predicted octanol–water partition coefficient (Wildman–Crippen LogP) is 1.48. The molecule has 3 unspecified atom stereocenters. The molecule has 1 saturated carbocycles. The van der Waals surface area contributed by atoms with Crippen LogP contribution in [-0.4, -0.2) is 19.4 Å². The third kappa shape index (κ3) is 3.45. The first-order valence-electron chi connectivity index (χ1n) is 6.59. The van der Waals surface area contributed by atoms with Crippen molar-refractivity contribution >= 4 is 10.0 Å². The normalized spacial score (nSPS) is 28.2. The van der Waals surface area contributed by atoms with Crippen molar-refractivity contribution in [2.75, 3.05) is 0 Å². The molecule has 1 aliphatic carbocycles. The molecule has 19 heavy (non-hydrogen) atoms. The van der Waals surface area contributed by atoms with Gasteiger partial charge in [0.25, 0.3) is 0 Å². The maximum absolute atomic E-state index is 12.2. The Morgan fingerprint density at radius 1 is 1.21 bits per heavy atom. The van der Waals surface area contributed by atoms with E-state index in [1.165, 1.54) is 18.3 Å². The van der Waals surface area contributed by atoms with E-state index in [2.05, 4.69) is 23.6 Å². The van der Waals surface area contributed by atoms with E-state index < -0.39 is 10.0 Å². The SMILES string of the molecule is CC1CCC(NS(=O)(=O)c2ccc(=O)[nH]c2)CC1C. The summed E-state index contributed by atoms with van der Waals surface area (Å²) >= 11 is 0. The third-order valence-corrected chi connectivity index (χ3v) is 5.50. The number of H-pyrrole nitrogens is 1. The minimum Gasteiger partial charge on any atom is -0.328 e. The van der Waals surface area contributed by atoms with Gasteiger partial charge in [-0.1, -0.05) is 13.8 Å². The number of rotatable bonds is 3. The molecule has 0 bridgehead atoms. The second-order valence-electron chi connectivity index (χ2n) is 5.47. The lowest BCUT2D eigenvalue weighted by molar-refractivity contribution is 0.242. The highest BCUT2D eigenvalue weighted by Crippen LogP contribution is 2.29. The maximum atomic E-state index is 12.2. The Morgan fingerprint density at radius 3 is 2.53 bits per heavy atom. The molecule has 1 aliphatic rings. The zero-order chi connectivity index (χ0) is 14.0. The summed E-state index contributed by atoms with van der Waals surface area (Å²) in [6, 6.07) is 2.54. The summed E-state index contributed by atoms with van der Waals surface area (Å²) in [6.45, 7) is 4.36. The van der Waals surface area contributed by atoms with Gasteiger partial charge in [0.2, 0.25) is 15.6 Å². The van der Waals surface area contributed by atoms with Crippen molar-refractivity contribution in [2.45, 2.75) is 44.0 Å². The lowest BCUT2D eigenvalue weighted by Gasteiger charge is -2.32. The van der Waals surface area contributed by atoms with Gasteiger partial charge in [-0.25, -0.2) is 13.1 Å². The monoisotopic (exact) mass is 284 g/mol. The van der Waals surface area contributed by atoms with Crippen molar-refractivity contribution in [2.24, 2.45) is 11.8 Å². The average molecular weight is 284 g/mol. The van der Waals surface area contributed by atoms with E-state index in [4.69, 9.17) is 0 Å². The van der Waals surface area contributed by atoms with Gasteiger partial charge in [0.1, 0.15) is 0 Å². The van der Waals surface area contributed by atoms with E-state index in [-0.39, 0.29) is 16.5 Å². The van der Waals surface area contributed by atoms with E-state index in [0.29, 0.717) is 11.8 Å². The molecule has 2 rings (SSSR count). The lowest BCUT2D eigenvalue weighted by atomic mass is 9.79. The minimum absolute atomic E-state index is 0.0110. The fourth-order valence-electron chi connectivity index (χ4n) is 2.51. The second kappa shape index (κ2) is 5.46. The Balaban J connectivity index is 2.09. The van der Waals surface area contributed by atoms with Crippen molar-refractivity contribution in [3.8, 4) is 0 Å². The van der Waals surface area contributed by atoms with Crippen LogP contribution in [0.15, 0.2) is 28.0 Å². The molecule has 0 saturated heterocycles. The highest BCUT2D eigenvalue weighted by molar-refractivity contribution is 7.89. The Hall–Kier alpha value is -1.14. The lowest BCUT2D eigenvalue weighted by Crippen LogP contribution is -2.39. The standard InChI is InChI=1S/C13H20N2O3S/c1-9-3-4-11(7-10(9)2)15-19(17,18)12-5-6-13(16)14-8-12/h5-6,8-11,15H,3-4,7H2,1-2H3,(H,14,16). The molecule has 0 spiro atoms. The molecule has 0 amide bonds. The fraction of sp³-hybridized carbons (Fsp3) is 0.615. The first-order valence-corrected chi connectivity index (χ1v) is 8.08. The molecule has 5 nitrogen and oxygen atoms in total. The second-order valence-corrected chi connectivity index (χ2v) is 7.19. The molecule has 1 fully saturated rings. The van der Waals surface area contributed by atoms with E-state index in [9.17, 15) is 13.2 Å². The molecule has 1 heterocycles. The number of aromatic amines is 1. The van der Waals surface area contributed by atoms with Crippen LogP contribution in [0.3, 0.4) is 0 Å². The zero-order valence-corrected chi connectivity index (χ0v) is 12.0. The number of sulfonamides is 1. The number of aromatic nitrogens is 1. The topological polar surface area (TPSA) is 79.0 Å². The first kappa shape index (κ1) is 14.3. The van der Waals surface area contributed by atoms with Crippen LogP contribution in [0.4, 0.5) is 0 Å². The zero-order valence-electron chi connectivity index (χ0n) is 11.2. The van der Waals surface area contributed by atoms with E-state index >= 15 is 0 Å². The van der Waals surface area contributed by atoms with Crippen molar-refractivity contribution in [1.29, 1.82) is 0 Å². The average Bonchev–Trinajstić information content (AvgIpc) is 2.34. The number of pyridine rings is 1. The van der Waals surface area contributed by atoms with Gasteiger partial charge in [-0.15, -0.1) is 0 Å². The van der Waals surface area contributed by atoms with Gasteiger partial charge in [-0.2, -0.15) is 0 Å². The van der Waals surface area contributed by atoms with E-state index in [1.807, 2.05) is 0 Å². The third-order valence-electron chi connectivity index (χ3n) is 3.99. The molecule has 0 aliphatic heterocycles. The van der Waals surface area contributed by atoms with Crippen molar-refractivity contribution in [1.82, 2.24) is 9.71 Å². The van der Waals surface area contributed by atoms with Gasteiger partial charge in [-0.05, 0) is 37.2 Å². The van der Waals surface area contributed by atoms with Crippen LogP contribution in [0.25, 0.3) is 0 Å². The quantitative estimate of drug-likeness (QED) is 0.882. The fourth-order valence-corrected chi connectivity index (χ4v) is 3.76. The van der Waals surface area contributed by atoms with E-state index in [1.54, 1.807) is 0 Å². The highest BCUT2D eigenvalue weighted by atomic mass is 32.2. The van der Waals surface area contributed by atoms with Gasteiger partial charge in [0.05, 0.1) is 4.90 Å². The van der Waals surface area contributed by atoms with Gasteiger partial charge in [-0.3, -0.25) is 4.79 Å². The summed E-state index contributed by atoms with van der Waals surface area (Å²) in [5.74, 6) is 1.17. The molecular formula is C13H20N2O3S. The van der Waals surface area contributed by atoms with Gasteiger partial charge in [0.15, 0.2) is 0 Å². The smallest absolute Gasteiger partial charge is 0.247 e. The summed E-state index contributed by atoms with van der Waals surface area (Å²) in [5, 5.41) is 0. The first-order chi connectivity index (χ1) is 8.88. The molecule has 1 aromatic rings. The summed E-state index contributed by atoms with van der Waals surface area (Å²) in [6.07, 6.45) is 4.01. The maximum Gasteiger partial charge on any atom is 0.247 e. The number of nitrogens with one attached hydrogen (secondary N) is 2. The highest BCUT2D eigenvalue weighted by Gasteiger charge is 2.28. The van der Waals surface area contributed by atoms with Gasteiger partial charge in [0, 0.05) is 18.3 Å². The molecule has 0 aromatic carbocycles. The minimum atomic E-state index is -3.54. The largest absolute Gasteiger partial charge is 0.328 e. The van der Waals surface area contributed by atoms with Crippen LogP contribution in [0.2, 0.25) is 0 Å². The molecule has 6 heteroatoms. The molecular weight excluding hydrogens is 264 g/mol. The number of hydrogen-bond acceptors (Lipinski definition) is 3. The van der Waals surface area contributed by atoms with Crippen LogP contribution in [0.5, 0.6) is 0 Å². The molecule has 2 N–H and O–H groups in total. The van der Waals surface area contributed by atoms with Crippen molar-refractivity contribution < 1.29 is 8.42 Å². The Labute approximate surface area is 113 Å². The van der Waals surface area contributed by atoms with Crippen molar-refractivity contribution in [3.63, 3.8) is 0 Å². The van der Waals surface area contributed by atoms with Crippen LogP contribution >= 0.6 is 0 Å². The van der Waals surface area contributed by atoms with E-state index in [0.717, 1.165) is 19.3 Å². The Morgan fingerprint density at radius 2 is 1.95 bits per heavy atom. The molecule has 106 valence electrons. The van der Waals surface area contributed by atoms with Gasteiger partial charge >= 0.3 is 0 Å². The summed E-state index contributed by atoms with van der Waals surface area (Å²) in [4.78, 5) is 13.4. The van der Waals surface area contributed by atoms with Crippen LogP contribution < -0.4 is 10.3 Å². The van der Waals surface area contributed by atoms with Crippen LogP contribution in [0, 0.1) is 11.8 Å². The summed E-state index contributed by atoms with van der Waals surface area (Å²) in [5.41, 5.74) is -0.306. The summed E-state index contributed by atoms with van der Waals surface area (Å²) in [7, 11) is -3.54. The van der Waals surface area contributed by atoms with Crippen LogP contribution in [-0.2, 0) is 10.0 Å².